The van der Waals surface area contributed by atoms with Crippen LogP contribution in [-0.2, 0) is 7.05 Å². The van der Waals surface area contributed by atoms with E-state index in [1.54, 1.807) is 19.4 Å². The molecule has 0 spiro atoms. The van der Waals surface area contributed by atoms with Crippen LogP contribution in [0.15, 0.2) is 17.2 Å². The van der Waals surface area contributed by atoms with Gasteiger partial charge in [-0.25, -0.2) is 0 Å². The van der Waals surface area contributed by atoms with Gasteiger partial charge in [0.2, 0.25) is 0 Å². The van der Waals surface area contributed by atoms with Crippen LogP contribution >= 0.6 is 11.6 Å². The monoisotopic (exact) mass is 183 g/mol. The van der Waals surface area contributed by atoms with Crippen LogP contribution in [0.1, 0.15) is 0 Å². The molecular weight excluding hydrogens is 178 g/mol. The van der Waals surface area contributed by atoms with E-state index in [9.17, 15) is 4.79 Å². The van der Waals surface area contributed by atoms with E-state index in [-0.39, 0.29) is 5.56 Å². The predicted molar refractivity (Wildman–Crippen MR) is 46.3 cm³/mol. The summed E-state index contributed by atoms with van der Waals surface area (Å²) in [6.45, 7) is 0. The Balaban J connectivity index is 3.07. The SMILES string of the molecule is Cn1cc(Cl)c2cn[nH]c2c1=O. The minimum Gasteiger partial charge on any atom is -0.315 e. The zero-order valence-electron chi connectivity index (χ0n) is 6.34. The summed E-state index contributed by atoms with van der Waals surface area (Å²) in [4.78, 5) is 11.4. The second kappa shape index (κ2) is 2.35. The largest absolute Gasteiger partial charge is 0.315 e. The van der Waals surface area contributed by atoms with Gasteiger partial charge >= 0.3 is 0 Å². The van der Waals surface area contributed by atoms with Crippen molar-refractivity contribution in [2.75, 3.05) is 0 Å². The molecule has 12 heavy (non-hydrogen) atoms. The Labute approximate surface area is 72.8 Å². The number of aryl methyl sites for hydroxylation is 1. The van der Waals surface area contributed by atoms with Gasteiger partial charge in [0.15, 0.2) is 0 Å². The second-order valence-electron chi connectivity index (χ2n) is 2.55. The van der Waals surface area contributed by atoms with Crippen molar-refractivity contribution in [3.8, 4) is 0 Å². The number of aromatic amines is 1. The Morgan fingerprint density at radius 3 is 3.17 bits per heavy atom. The van der Waals surface area contributed by atoms with Crippen molar-refractivity contribution in [1.82, 2.24) is 14.8 Å². The molecule has 2 heterocycles. The van der Waals surface area contributed by atoms with Crippen LogP contribution in [0.3, 0.4) is 0 Å². The van der Waals surface area contributed by atoms with Gasteiger partial charge in [-0.3, -0.25) is 9.89 Å². The molecule has 0 fully saturated rings. The minimum atomic E-state index is -0.119. The quantitative estimate of drug-likeness (QED) is 0.660. The van der Waals surface area contributed by atoms with Gasteiger partial charge in [-0.15, -0.1) is 0 Å². The number of H-pyrrole nitrogens is 1. The van der Waals surface area contributed by atoms with Crippen LogP contribution in [0.25, 0.3) is 10.9 Å². The Morgan fingerprint density at radius 2 is 2.42 bits per heavy atom. The molecule has 0 unspecified atom stereocenters. The fourth-order valence-corrected chi connectivity index (χ4v) is 1.39. The highest BCUT2D eigenvalue weighted by Gasteiger charge is 2.05. The lowest BCUT2D eigenvalue weighted by Gasteiger charge is -1.97. The second-order valence-corrected chi connectivity index (χ2v) is 2.96. The summed E-state index contributed by atoms with van der Waals surface area (Å²) in [7, 11) is 1.65. The topological polar surface area (TPSA) is 50.7 Å². The lowest BCUT2D eigenvalue weighted by atomic mass is 10.3. The van der Waals surface area contributed by atoms with Crippen LogP contribution in [0.2, 0.25) is 5.02 Å². The smallest absolute Gasteiger partial charge is 0.276 e. The number of hydrogen-bond acceptors (Lipinski definition) is 2. The normalized spacial score (nSPS) is 10.8. The summed E-state index contributed by atoms with van der Waals surface area (Å²) in [5.74, 6) is 0. The molecule has 0 saturated carbocycles. The fourth-order valence-electron chi connectivity index (χ4n) is 1.10. The van der Waals surface area contributed by atoms with Gasteiger partial charge < -0.3 is 4.57 Å². The molecule has 0 saturated heterocycles. The summed E-state index contributed by atoms with van der Waals surface area (Å²) in [6, 6.07) is 0. The summed E-state index contributed by atoms with van der Waals surface area (Å²) >= 11 is 5.86. The minimum absolute atomic E-state index is 0.119. The summed E-state index contributed by atoms with van der Waals surface area (Å²) in [5, 5.41) is 7.54. The molecule has 0 bridgehead atoms. The van der Waals surface area contributed by atoms with E-state index >= 15 is 0 Å². The van der Waals surface area contributed by atoms with Crippen molar-refractivity contribution in [3.05, 3.63) is 27.8 Å². The van der Waals surface area contributed by atoms with E-state index in [0.717, 1.165) is 0 Å². The molecule has 2 aromatic rings. The van der Waals surface area contributed by atoms with Crippen LogP contribution in [0.4, 0.5) is 0 Å². The lowest BCUT2D eigenvalue weighted by Crippen LogP contribution is -2.15. The van der Waals surface area contributed by atoms with Crippen molar-refractivity contribution in [2.45, 2.75) is 0 Å². The number of nitrogens with one attached hydrogen (secondary N) is 1. The first-order valence-electron chi connectivity index (χ1n) is 3.38. The van der Waals surface area contributed by atoms with E-state index in [4.69, 9.17) is 11.6 Å². The van der Waals surface area contributed by atoms with Gasteiger partial charge in [0.05, 0.1) is 11.2 Å². The highest BCUT2D eigenvalue weighted by atomic mass is 35.5. The molecule has 0 radical (unpaired) electrons. The molecule has 5 heteroatoms. The maximum atomic E-state index is 11.4. The Morgan fingerprint density at radius 1 is 1.67 bits per heavy atom. The van der Waals surface area contributed by atoms with E-state index in [1.165, 1.54) is 4.57 Å². The third kappa shape index (κ3) is 0.848. The van der Waals surface area contributed by atoms with E-state index < -0.39 is 0 Å². The Kier molecular flexibility index (Phi) is 1.44. The number of pyridine rings is 1. The molecule has 2 rings (SSSR count). The van der Waals surface area contributed by atoms with Gasteiger partial charge in [-0.05, 0) is 0 Å². The summed E-state index contributed by atoms with van der Waals surface area (Å²) in [6.07, 6.45) is 3.11. The third-order valence-corrected chi connectivity index (χ3v) is 2.04. The van der Waals surface area contributed by atoms with Gasteiger partial charge in [0.25, 0.3) is 5.56 Å². The molecule has 62 valence electrons. The maximum absolute atomic E-state index is 11.4. The first-order chi connectivity index (χ1) is 5.70. The first kappa shape index (κ1) is 7.36. The van der Waals surface area contributed by atoms with Crippen LogP contribution in [0, 0.1) is 0 Å². The number of fused-ring (bicyclic) bond motifs is 1. The van der Waals surface area contributed by atoms with Gasteiger partial charge in [-0.2, -0.15) is 5.10 Å². The van der Waals surface area contributed by atoms with Crippen LogP contribution in [-0.4, -0.2) is 14.8 Å². The summed E-state index contributed by atoms with van der Waals surface area (Å²) in [5.41, 5.74) is 0.330. The van der Waals surface area contributed by atoms with E-state index in [1.807, 2.05) is 0 Å². The number of rotatable bonds is 0. The Bertz CT molecular complexity index is 485. The van der Waals surface area contributed by atoms with Crippen LogP contribution < -0.4 is 5.56 Å². The molecule has 1 N–H and O–H groups in total. The molecular formula is C7H6ClN3O. The molecule has 2 aromatic heterocycles. The number of aromatic nitrogens is 3. The fraction of sp³-hybridized carbons (Fsp3) is 0.143. The number of nitrogens with zero attached hydrogens (tertiary/aromatic N) is 2. The first-order valence-corrected chi connectivity index (χ1v) is 3.76. The molecule has 0 aliphatic rings. The molecule has 4 nitrogen and oxygen atoms in total. The molecule has 0 amide bonds. The van der Waals surface area contributed by atoms with Crippen LogP contribution in [0.5, 0.6) is 0 Å². The van der Waals surface area contributed by atoms with Crippen molar-refractivity contribution >= 4 is 22.5 Å². The molecule has 0 atom stereocenters. The third-order valence-electron chi connectivity index (χ3n) is 1.74. The Hall–Kier alpha value is -1.29. The highest BCUT2D eigenvalue weighted by Crippen LogP contribution is 2.17. The van der Waals surface area contributed by atoms with Crippen molar-refractivity contribution in [3.63, 3.8) is 0 Å². The maximum Gasteiger partial charge on any atom is 0.276 e. The van der Waals surface area contributed by atoms with E-state index in [0.29, 0.717) is 15.9 Å². The molecule has 0 aliphatic carbocycles. The zero-order chi connectivity index (χ0) is 8.72. The predicted octanol–water partition coefficient (Wildman–Crippen LogP) is 0.915. The standard InChI is InChI=1S/C7H6ClN3O/c1-11-3-5(8)4-2-9-10-6(4)7(11)12/h2-3H,1H3,(H,9,10). The average Bonchev–Trinajstić information content (AvgIpc) is 2.48. The highest BCUT2D eigenvalue weighted by molar-refractivity contribution is 6.35. The van der Waals surface area contributed by atoms with Gasteiger partial charge in [0.1, 0.15) is 5.52 Å². The average molecular weight is 184 g/mol. The van der Waals surface area contributed by atoms with Gasteiger partial charge in [0, 0.05) is 18.6 Å². The molecule has 0 aliphatic heterocycles. The van der Waals surface area contributed by atoms with Crippen molar-refractivity contribution in [1.29, 1.82) is 0 Å². The number of halogens is 1. The zero-order valence-corrected chi connectivity index (χ0v) is 7.09. The molecule has 0 aromatic carbocycles. The summed E-state index contributed by atoms with van der Waals surface area (Å²) < 4.78 is 1.42. The van der Waals surface area contributed by atoms with Gasteiger partial charge in [-0.1, -0.05) is 11.6 Å². The van der Waals surface area contributed by atoms with Crippen molar-refractivity contribution in [2.24, 2.45) is 7.05 Å². The lowest BCUT2D eigenvalue weighted by molar-refractivity contribution is 0.868. The van der Waals surface area contributed by atoms with Crippen molar-refractivity contribution < 1.29 is 0 Å². The number of hydrogen-bond donors (Lipinski definition) is 1. The van der Waals surface area contributed by atoms with E-state index in [2.05, 4.69) is 10.2 Å².